The smallest absolute Gasteiger partial charge is 0.413 e. The summed E-state index contributed by atoms with van der Waals surface area (Å²) in [6.45, 7) is 9.49. The van der Waals surface area contributed by atoms with E-state index in [9.17, 15) is 18.8 Å². The van der Waals surface area contributed by atoms with Gasteiger partial charge in [0.1, 0.15) is 41.4 Å². The Balaban J connectivity index is 1.22. The van der Waals surface area contributed by atoms with E-state index in [1.165, 1.54) is 44.3 Å². The van der Waals surface area contributed by atoms with Crippen LogP contribution in [0.1, 0.15) is 72.3 Å². The maximum atomic E-state index is 17.4. The molecule has 16 heteroatoms. The van der Waals surface area contributed by atoms with E-state index in [1.54, 1.807) is 25.7 Å². The summed E-state index contributed by atoms with van der Waals surface area (Å²) in [6.07, 6.45) is 7.75. The highest BCUT2D eigenvalue weighted by molar-refractivity contribution is 6.03. The number of hydrogen-bond acceptors (Lipinski definition) is 12. The van der Waals surface area contributed by atoms with Crippen molar-refractivity contribution in [3.8, 4) is 35.4 Å². The zero-order valence-corrected chi connectivity index (χ0v) is 33.5. The largest absolute Gasteiger partial charge is 0.461 e. The third kappa shape index (κ3) is 7.45. The van der Waals surface area contributed by atoms with Gasteiger partial charge in [0.25, 0.3) is 0 Å². The van der Waals surface area contributed by atoms with Crippen molar-refractivity contribution >= 4 is 45.5 Å². The van der Waals surface area contributed by atoms with Crippen LogP contribution in [0, 0.1) is 29.4 Å². The zero-order chi connectivity index (χ0) is 42.0. The number of fused-ring (bicyclic) bond motifs is 5. The SMILES string of the molecule is C#Cc1c(F)ccc2cc(OC(=O)C(C)(C)C)cc(-c3ncc4c(N5CC6CCC(C5)N6C(=O)OC(C)OC(C)=O)nc(OC[C@@]56CCCN5C[C@H](F)C6)nc4c3F)c12. The Morgan fingerprint density at radius 2 is 1.81 bits per heavy atom. The predicted octanol–water partition coefficient (Wildman–Crippen LogP) is 6.71. The number of pyridine rings is 1. The Bertz CT molecular complexity index is 2410. The number of terminal acetylenes is 1. The van der Waals surface area contributed by atoms with Crippen molar-refractivity contribution < 1.29 is 46.5 Å². The van der Waals surface area contributed by atoms with E-state index >= 15 is 8.78 Å². The lowest BCUT2D eigenvalue weighted by atomic mass is 9.95. The summed E-state index contributed by atoms with van der Waals surface area (Å²) in [5.41, 5.74) is -1.86. The van der Waals surface area contributed by atoms with Gasteiger partial charge in [0.05, 0.1) is 34.0 Å². The second-order valence-corrected chi connectivity index (χ2v) is 16.9. The van der Waals surface area contributed by atoms with Crippen molar-refractivity contribution in [3.05, 3.63) is 47.7 Å². The fourth-order valence-corrected chi connectivity index (χ4v) is 9.06. The molecule has 0 spiro atoms. The second-order valence-electron chi connectivity index (χ2n) is 16.9. The molecule has 4 aromatic rings. The molecular formula is C43H45F3N6O7. The first kappa shape index (κ1) is 40.1. The number of carbonyl (C=O) groups is 3. The number of rotatable bonds is 8. The molecule has 5 atom stereocenters. The molecule has 0 N–H and O–H groups in total. The number of anilines is 1. The molecule has 8 rings (SSSR count). The van der Waals surface area contributed by atoms with E-state index in [0.717, 1.165) is 19.4 Å². The Hall–Kier alpha value is -5.69. The molecular weight excluding hydrogens is 770 g/mol. The molecule has 4 aliphatic rings. The lowest BCUT2D eigenvalue weighted by Gasteiger charge is -2.41. The molecule has 2 aromatic heterocycles. The molecule has 310 valence electrons. The van der Waals surface area contributed by atoms with Crippen LogP contribution >= 0.6 is 0 Å². The summed E-state index contributed by atoms with van der Waals surface area (Å²) < 4.78 is 69.9. The number of esters is 2. The summed E-state index contributed by atoms with van der Waals surface area (Å²) in [5, 5.41) is 0.815. The molecule has 59 heavy (non-hydrogen) atoms. The van der Waals surface area contributed by atoms with Crippen molar-refractivity contribution in [2.24, 2.45) is 5.41 Å². The fourth-order valence-electron chi connectivity index (χ4n) is 9.06. The third-order valence-electron chi connectivity index (χ3n) is 11.7. The molecule has 3 unspecified atom stereocenters. The van der Waals surface area contributed by atoms with Gasteiger partial charge in [-0.3, -0.25) is 24.4 Å². The normalized spacial score (nSPS) is 23.3. The van der Waals surface area contributed by atoms with Crippen molar-refractivity contribution in [2.75, 3.05) is 37.7 Å². The zero-order valence-electron chi connectivity index (χ0n) is 33.5. The highest BCUT2D eigenvalue weighted by Gasteiger charge is 2.50. The average molecular weight is 815 g/mol. The van der Waals surface area contributed by atoms with Crippen molar-refractivity contribution in [2.45, 2.75) is 96.8 Å². The third-order valence-corrected chi connectivity index (χ3v) is 11.7. The first-order valence-corrected chi connectivity index (χ1v) is 19.8. The van der Waals surface area contributed by atoms with Crippen LogP contribution in [0.4, 0.5) is 23.8 Å². The van der Waals surface area contributed by atoms with Crippen molar-refractivity contribution in [1.29, 1.82) is 0 Å². The molecule has 4 saturated heterocycles. The minimum absolute atomic E-state index is 0.0715. The standard InChI is InChI=1S/C43H45F3N6O7/c1-7-30-33(45)12-9-25-15-29(59-39(54)42(4,5)6)16-31(34(25)30)36-35(46)37-32(18-47-36)38(49-40(48-37)56-22-43-13-8-14-51(43)19-26(44)17-43)50-20-27-10-11-28(21-50)52(27)41(55)58-24(3)57-23(2)53/h1,9,12,15-16,18,24,26-28H,8,10-11,13-14,17,19-22H2,2-6H3/t24?,26-,27?,28?,43+/m1/s1. The number of aromatic nitrogens is 3. The monoisotopic (exact) mass is 814 g/mol. The Morgan fingerprint density at radius 1 is 1.07 bits per heavy atom. The van der Waals surface area contributed by atoms with Crippen LogP contribution in [0.5, 0.6) is 11.8 Å². The predicted molar refractivity (Wildman–Crippen MR) is 210 cm³/mol. The summed E-state index contributed by atoms with van der Waals surface area (Å²) in [4.78, 5) is 57.4. The maximum Gasteiger partial charge on any atom is 0.413 e. The van der Waals surface area contributed by atoms with Gasteiger partial charge in [-0.1, -0.05) is 12.0 Å². The molecule has 0 radical (unpaired) electrons. The van der Waals surface area contributed by atoms with Crippen LogP contribution in [0.25, 0.3) is 32.9 Å². The molecule has 1 amide bonds. The molecule has 4 aliphatic heterocycles. The number of amides is 1. The molecule has 6 heterocycles. The molecule has 4 fully saturated rings. The number of halogens is 3. The van der Waals surface area contributed by atoms with Crippen molar-refractivity contribution in [1.82, 2.24) is 24.8 Å². The van der Waals surface area contributed by atoms with E-state index in [1.807, 2.05) is 4.90 Å². The van der Waals surface area contributed by atoms with Crippen LogP contribution < -0.4 is 14.4 Å². The van der Waals surface area contributed by atoms with E-state index < -0.39 is 53.1 Å². The first-order valence-electron chi connectivity index (χ1n) is 19.8. The second kappa shape index (κ2) is 15.2. The van der Waals surface area contributed by atoms with Gasteiger partial charge >= 0.3 is 24.0 Å². The number of alkyl halides is 1. The number of piperazine rings is 1. The topological polar surface area (TPSA) is 137 Å². The molecule has 0 aliphatic carbocycles. The van der Waals surface area contributed by atoms with Crippen LogP contribution in [0.2, 0.25) is 0 Å². The number of benzene rings is 2. The van der Waals surface area contributed by atoms with Gasteiger partial charge in [0.2, 0.25) is 6.29 Å². The van der Waals surface area contributed by atoms with Gasteiger partial charge in [-0.2, -0.15) is 9.97 Å². The summed E-state index contributed by atoms with van der Waals surface area (Å²) >= 11 is 0. The van der Waals surface area contributed by atoms with Crippen LogP contribution in [0.3, 0.4) is 0 Å². The summed E-state index contributed by atoms with van der Waals surface area (Å²) in [5.74, 6) is 0.0492. The molecule has 2 aromatic carbocycles. The van der Waals surface area contributed by atoms with Gasteiger partial charge in [-0.25, -0.2) is 18.0 Å². The van der Waals surface area contributed by atoms with Gasteiger partial charge in [0, 0.05) is 57.0 Å². The fraction of sp³-hybridized carbons (Fsp3) is 0.488. The number of ether oxygens (including phenoxy) is 4. The van der Waals surface area contributed by atoms with Gasteiger partial charge in [0.15, 0.2) is 5.82 Å². The lowest BCUT2D eigenvalue weighted by Crippen LogP contribution is -2.56. The minimum atomic E-state index is -1.08. The minimum Gasteiger partial charge on any atom is -0.461 e. The molecule has 13 nitrogen and oxygen atoms in total. The Labute approximate surface area is 339 Å². The average Bonchev–Trinajstić information content (AvgIpc) is 3.79. The number of hydrogen-bond donors (Lipinski definition) is 0. The highest BCUT2D eigenvalue weighted by Crippen LogP contribution is 2.43. The summed E-state index contributed by atoms with van der Waals surface area (Å²) in [6, 6.07) is 4.83. The van der Waals surface area contributed by atoms with Crippen LogP contribution in [-0.2, 0) is 19.1 Å². The first-order chi connectivity index (χ1) is 28.0. The van der Waals surface area contributed by atoms with Gasteiger partial charge in [-0.15, -0.1) is 6.42 Å². The van der Waals surface area contributed by atoms with E-state index in [4.69, 9.17) is 30.4 Å². The van der Waals surface area contributed by atoms with Crippen LogP contribution in [-0.4, -0.2) is 106 Å². The van der Waals surface area contributed by atoms with Crippen molar-refractivity contribution in [3.63, 3.8) is 0 Å². The molecule has 0 saturated carbocycles. The van der Waals surface area contributed by atoms with Crippen LogP contribution in [0.15, 0.2) is 30.5 Å². The maximum absolute atomic E-state index is 17.4. The number of nitrogens with zero attached hydrogens (tertiary/aromatic N) is 6. The summed E-state index contributed by atoms with van der Waals surface area (Å²) in [7, 11) is 0. The highest BCUT2D eigenvalue weighted by atomic mass is 19.1. The van der Waals surface area contributed by atoms with Gasteiger partial charge in [-0.05, 0) is 76.6 Å². The van der Waals surface area contributed by atoms with E-state index in [0.29, 0.717) is 50.1 Å². The van der Waals surface area contributed by atoms with Gasteiger partial charge < -0.3 is 23.8 Å². The van der Waals surface area contributed by atoms with E-state index in [2.05, 4.69) is 20.8 Å². The Morgan fingerprint density at radius 3 is 2.51 bits per heavy atom. The quantitative estimate of drug-likeness (QED) is 0.0810. The number of carbonyl (C=O) groups excluding carboxylic acids is 3. The Kier molecular flexibility index (Phi) is 10.3. The van der Waals surface area contributed by atoms with E-state index in [-0.39, 0.29) is 63.6 Å². The molecule has 2 bridgehead atoms. The lowest BCUT2D eigenvalue weighted by molar-refractivity contribution is -0.163.